The number of phenols is 1. The van der Waals surface area contributed by atoms with Crippen molar-refractivity contribution in [1.29, 1.82) is 0 Å². The van der Waals surface area contributed by atoms with Crippen LogP contribution in [0.25, 0.3) is 11.5 Å². The Morgan fingerprint density at radius 3 is 3.00 bits per heavy atom. The third kappa shape index (κ3) is 2.72. The minimum absolute atomic E-state index is 0.0546. The number of aromatic nitrogens is 2. The van der Waals surface area contributed by atoms with E-state index in [1.54, 1.807) is 12.1 Å². The normalized spacial score (nSPS) is 19.5. The Balaban J connectivity index is 1.87. The first kappa shape index (κ1) is 12.8. The molecule has 6 heteroatoms. The lowest BCUT2D eigenvalue weighted by atomic mass is 10.2. The highest BCUT2D eigenvalue weighted by molar-refractivity contribution is 7.99. The lowest BCUT2D eigenvalue weighted by Gasteiger charge is -2.17. The molecule has 1 aliphatic heterocycles. The van der Waals surface area contributed by atoms with Crippen LogP contribution in [0.3, 0.4) is 0 Å². The van der Waals surface area contributed by atoms with Gasteiger partial charge in [0.1, 0.15) is 5.75 Å². The first-order valence-corrected chi connectivity index (χ1v) is 7.61. The van der Waals surface area contributed by atoms with Crippen LogP contribution in [0, 0.1) is 0 Å². The quantitative estimate of drug-likeness (QED) is 0.906. The van der Waals surface area contributed by atoms with Crippen molar-refractivity contribution in [2.24, 2.45) is 0 Å². The van der Waals surface area contributed by atoms with Gasteiger partial charge in [0.25, 0.3) is 5.89 Å². The van der Waals surface area contributed by atoms with Crippen LogP contribution in [0.2, 0.25) is 5.02 Å². The zero-order valence-electron chi connectivity index (χ0n) is 10.2. The van der Waals surface area contributed by atoms with Gasteiger partial charge < -0.3 is 9.63 Å². The summed E-state index contributed by atoms with van der Waals surface area (Å²) in [7, 11) is 0. The topological polar surface area (TPSA) is 59.2 Å². The summed E-state index contributed by atoms with van der Waals surface area (Å²) in [6, 6.07) is 4.84. The molecule has 2 aromatic rings. The fourth-order valence-electron chi connectivity index (χ4n) is 2.11. The molecule has 0 radical (unpaired) electrons. The van der Waals surface area contributed by atoms with Gasteiger partial charge in [0.2, 0.25) is 0 Å². The van der Waals surface area contributed by atoms with E-state index in [9.17, 15) is 5.11 Å². The molecular formula is C13H13ClN2O2S. The van der Waals surface area contributed by atoms with E-state index in [4.69, 9.17) is 16.1 Å². The van der Waals surface area contributed by atoms with Gasteiger partial charge in [-0.1, -0.05) is 23.2 Å². The molecule has 1 N–H and O–H groups in total. The summed E-state index contributed by atoms with van der Waals surface area (Å²) in [5.74, 6) is 2.25. The number of thioether (sulfide) groups is 1. The highest BCUT2D eigenvalue weighted by Gasteiger charge is 2.22. The molecule has 1 aliphatic rings. The van der Waals surface area contributed by atoms with Gasteiger partial charge in [-0.3, -0.25) is 0 Å². The van der Waals surface area contributed by atoms with Crippen LogP contribution >= 0.6 is 23.4 Å². The molecular weight excluding hydrogens is 284 g/mol. The van der Waals surface area contributed by atoms with Crippen LogP contribution in [-0.2, 0) is 0 Å². The summed E-state index contributed by atoms with van der Waals surface area (Å²) < 4.78 is 5.25. The van der Waals surface area contributed by atoms with Gasteiger partial charge in [-0.2, -0.15) is 16.7 Å². The number of hydrogen-bond donors (Lipinski definition) is 1. The van der Waals surface area contributed by atoms with E-state index in [0.717, 1.165) is 12.2 Å². The SMILES string of the molecule is Oc1cc(Cl)ccc1-c1nc(C2CCCCS2)no1. The summed E-state index contributed by atoms with van der Waals surface area (Å²) in [5.41, 5.74) is 0.518. The summed E-state index contributed by atoms with van der Waals surface area (Å²) in [4.78, 5) is 4.39. The monoisotopic (exact) mass is 296 g/mol. The van der Waals surface area contributed by atoms with Crippen LogP contribution in [-0.4, -0.2) is 21.0 Å². The standard InChI is InChI=1S/C13H13ClN2O2S/c14-8-4-5-9(10(17)7-8)13-15-12(16-18-13)11-3-1-2-6-19-11/h4-5,7,11,17H,1-3,6H2. The molecule has 2 heterocycles. The molecule has 4 nitrogen and oxygen atoms in total. The largest absolute Gasteiger partial charge is 0.507 e. The summed E-state index contributed by atoms with van der Waals surface area (Å²) in [6.07, 6.45) is 3.54. The fraction of sp³-hybridized carbons (Fsp3) is 0.385. The van der Waals surface area contributed by atoms with Crippen molar-refractivity contribution in [3.63, 3.8) is 0 Å². The van der Waals surface area contributed by atoms with E-state index < -0.39 is 0 Å². The predicted molar refractivity (Wildman–Crippen MR) is 75.5 cm³/mol. The van der Waals surface area contributed by atoms with Crippen LogP contribution in [0.15, 0.2) is 22.7 Å². The van der Waals surface area contributed by atoms with Gasteiger partial charge >= 0.3 is 0 Å². The molecule has 1 atom stereocenters. The number of halogens is 1. The number of hydrogen-bond acceptors (Lipinski definition) is 5. The van der Waals surface area contributed by atoms with Crippen LogP contribution < -0.4 is 0 Å². The fourth-order valence-corrected chi connectivity index (χ4v) is 3.50. The van der Waals surface area contributed by atoms with Crippen molar-refractivity contribution in [3.05, 3.63) is 29.0 Å². The summed E-state index contributed by atoms with van der Waals surface area (Å²) in [6.45, 7) is 0. The molecule has 0 spiro atoms. The summed E-state index contributed by atoms with van der Waals surface area (Å²) in [5, 5.41) is 14.7. The number of phenolic OH excluding ortho intramolecular Hbond substituents is 1. The van der Waals surface area contributed by atoms with Gasteiger partial charge in [-0.15, -0.1) is 0 Å². The third-order valence-electron chi connectivity index (χ3n) is 3.10. The maximum atomic E-state index is 9.85. The highest BCUT2D eigenvalue weighted by atomic mass is 35.5. The van der Waals surface area contributed by atoms with E-state index >= 15 is 0 Å². The molecule has 0 amide bonds. The highest BCUT2D eigenvalue weighted by Crippen LogP contribution is 2.38. The molecule has 1 fully saturated rings. The molecule has 0 bridgehead atoms. The van der Waals surface area contributed by atoms with Crippen molar-refractivity contribution in [3.8, 4) is 17.2 Å². The van der Waals surface area contributed by atoms with Crippen molar-refractivity contribution in [1.82, 2.24) is 10.1 Å². The van der Waals surface area contributed by atoms with Crippen LogP contribution in [0.1, 0.15) is 30.3 Å². The molecule has 1 aromatic heterocycles. The Morgan fingerprint density at radius 1 is 1.37 bits per heavy atom. The zero-order chi connectivity index (χ0) is 13.2. The zero-order valence-corrected chi connectivity index (χ0v) is 11.7. The van der Waals surface area contributed by atoms with Crippen LogP contribution in [0.5, 0.6) is 5.75 Å². The number of rotatable bonds is 2. The van der Waals surface area contributed by atoms with Crippen molar-refractivity contribution < 1.29 is 9.63 Å². The third-order valence-corrected chi connectivity index (χ3v) is 4.71. The smallest absolute Gasteiger partial charge is 0.261 e. The minimum atomic E-state index is 0.0546. The van der Waals surface area contributed by atoms with Crippen molar-refractivity contribution in [2.75, 3.05) is 5.75 Å². The van der Waals surface area contributed by atoms with E-state index in [-0.39, 0.29) is 5.75 Å². The molecule has 0 aliphatic carbocycles. The predicted octanol–water partition coefficient (Wildman–Crippen LogP) is 4.05. The van der Waals surface area contributed by atoms with Gasteiger partial charge in [0.15, 0.2) is 5.82 Å². The van der Waals surface area contributed by atoms with E-state index in [0.29, 0.717) is 27.6 Å². The number of nitrogens with zero attached hydrogens (tertiary/aromatic N) is 2. The second kappa shape index (κ2) is 5.43. The molecule has 1 aromatic carbocycles. The van der Waals surface area contributed by atoms with Crippen molar-refractivity contribution >= 4 is 23.4 Å². The average Bonchev–Trinajstić information content (AvgIpc) is 2.89. The lowest BCUT2D eigenvalue weighted by molar-refractivity contribution is 0.415. The minimum Gasteiger partial charge on any atom is -0.507 e. The molecule has 3 rings (SSSR count). The first-order valence-electron chi connectivity index (χ1n) is 6.18. The Bertz CT molecular complexity index is 582. The molecule has 100 valence electrons. The summed E-state index contributed by atoms with van der Waals surface area (Å²) >= 11 is 7.66. The molecule has 19 heavy (non-hydrogen) atoms. The first-order chi connectivity index (χ1) is 9.24. The Hall–Kier alpha value is -1.20. The Kier molecular flexibility index (Phi) is 3.66. The van der Waals surface area contributed by atoms with Gasteiger partial charge in [0, 0.05) is 5.02 Å². The van der Waals surface area contributed by atoms with Gasteiger partial charge in [0.05, 0.1) is 10.8 Å². The molecule has 0 saturated carbocycles. The number of aromatic hydroxyl groups is 1. The average molecular weight is 297 g/mol. The Labute approximate surface area is 120 Å². The van der Waals surface area contributed by atoms with Gasteiger partial charge in [-0.25, -0.2) is 0 Å². The van der Waals surface area contributed by atoms with E-state index in [2.05, 4.69) is 10.1 Å². The second-order valence-corrected chi connectivity index (χ2v) is 6.22. The Morgan fingerprint density at radius 2 is 2.26 bits per heavy atom. The van der Waals surface area contributed by atoms with Crippen LogP contribution in [0.4, 0.5) is 0 Å². The maximum absolute atomic E-state index is 9.85. The molecule has 1 unspecified atom stereocenters. The molecule has 1 saturated heterocycles. The second-order valence-electron chi connectivity index (χ2n) is 4.47. The lowest BCUT2D eigenvalue weighted by Crippen LogP contribution is -2.03. The van der Waals surface area contributed by atoms with E-state index in [1.807, 2.05) is 11.8 Å². The van der Waals surface area contributed by atoms with E-state index in [1.165, 1.54) is 18.9 Å². The van der Waals surface area contributed by atoms with Gasteiger partial charge in [-0.05, 0) is 36.8 Å². The number of benzene rings is 1. The maximum Gasteiger partial charge on any atom is 0.261 e. The van der Waals surface area contributed by atoms with Crippen molar-refractivity contribution in [2.45, 2.75) is 24.5 Å².